The van der Waals surface area contributed by atoms with Gasteiger partial charge in [0.2, 0.25) is 5.89 Å². The van der Waals surface area contributed by atoms with Crippen molar-refractivity contribution in [2.75, 3.05) is 14.2 Å². The largest absolute Gasteiger partial charge is 0.497 e. The summed E-state index contributed by atoms with van der Waals surface area (Å²) in [5.41, 5.74) is 2.18. The first-order valence-corrected chi connectivity index (χ1v) is 6.20. The molecule has 0 atom stereocenters. The summed E-state index contributed by atoms with van der Waals surface area (Å²) in [4.78, 5) is 19.8. The van der Waals surface area contributed by atoms with Crippen LogP contribution in [0.2, 0.25) is 0 Å². The quantitative estimate of drug-likeness (QED) is 0.688. The number of hydrogen-bond donors (Lipinski definition) is 0. The molecule has 0 N–H and O–H groups in total. The summed E-state index contributed by atoms with van der Waals surface area (Å²) in [5, 5.41) is 0. The van der Waals surface area contributed by atoms with Gasteiger partial charge in [-0.1, -0.05) is 0 Å². The topological polar surface area (TPSA) is 74.5 Å². The van der Waals surface area contributed by atoms with E-state index in [9.17, 15) is 4.79 Å². The molecule has 0 aliphatic carbocycles. The molecule has 0 unspecified atom stereocenters. The summed E-state index contributed by atoms with van der Waals surface area (Å²) < 4.78 is 15.5. The number of oxazole rings is 1. The highest BCUT2D eigenvalue weighted by Gasteiger charge is 2.13. The van der Waals surface area contributed by atoms with E-state index in [4.69, 9.17) is 9.15 Å². The van der Waals surface area contributed by atoms with Crippen LogP contribution in [0.3, 0.4) is 0 Å². The van der Waals surface area contributed by atoms with E-state index in [-0.39, 0.29) is 5.69 Å². The van der Waals surface area contributed by atoms with Crippen LogP contribution in [0.4, 0.5) is 0 Å². The lowest BCUT2D eigenvalue weighted by molar-refractivity contribution is 0.0594. The molecule has 0 fully saturated rings. The first kappa shape index (κ1) is 13.1. The van der Waals surface area contributed by atoms with E-state index in [1.165, 1.54) is 13.3 Å². The smallest absolute Gasteiger partial charge is 0.356 e. The Balaban J connectivity index is 2.05. The Labute approximate surface area is 120 Å². The number of aromatic nitrogens is 2. The highest BCUT2D eigenvalue weighted by molar-refractivity contribution is 5.88. The van der Waals surface area contributed by atoms with E-state index in [2.05, 4.69) is 14.7 Å². The standard InChI is InChI=1S/C15H12N2O4/c1-19-10-3-4-13-11(8-10)17-14(21-13)9-5-6-16-12(7-9)15(18)20-2/h3-8H,1-2H3. The van der Waals surface area contributed by atoms with Crippen molar-refractivity contribution in [1.82, 2.24) is 9.97 Å². The molecule has 0 spiro atoms. The van der Waals surface area contributed by atoms with Crippen molar-refractivity contribution in [3.8, 4) is 17.2 Å². The lowest BCUT2D eigenvalue weighted by Crippen LogP contribution is -2.03. The molecule has 1 aromatic carbocycles. The minimum Gasteiger partial charge on any atom is -0.497 e. The molecule has 106 valence electrons. The lowest BCUT2D eigenvalue weighted by atomic mass is 10.2. The van der Waals surface area contributed by atoms with Crippen molar-refractivity contribution in [2.24, 2.45) is 0 Å². The monoisotopic (exact) mass is 284 g/mol. The molecule has 21 heavy (non-hydrogen) atoms. The summed E-state index contributed by atoms with van der Waals surface area (Å²) in [6.07, 6.45) is 1.51. The summed E-state index contributed by atoms with van der Waals surface area (Å²) >= 11 is 0. The fourth-order valence-electron chi connectivity index (χ4n) is 1.94. The number of benzene rings is 1. The van der Waals surface area contributed by atoms with Crippen LogP contribution in [0.1, 0.15) is 10.5 Å². The van der Waals surface area contributed by atoms with Crippen LogP contribution in [-0.4, -0.2) is 30.2 Å². The van der Waals surface area contributed by atoms with Gasteiger partial charge in [-0.15, -0.1) is 0 Å². The van der Waals surface area contributed by atoms with Gasteiger partial charge in [-0.25, -0.2) is 14.8 Å². The van der Waals surface area contributed by atoms with Gasteiger partial charge >= 0.3 is 5.97 Å². The number of esters is 1. The highest BCUT2D eigenvalue weighted by Crippen LogP contribution is 2.27. The van der Waals surface area contributed by atoms with Gasteiger partial charge in [0.05, 0.1) is 14.2 Å². The third kappa shape index (κ3) is 2.43. The maximum Gasteiger partial charge on any atom is 0.356 e. The van der Waals surface area contributed by atoms with Crippen molar-refractivity contribution in [2.45, 2.75) is 0 Å². The van der Waals surface area contributed by atoms with Gasteiger partial charge in [-0.3, -0.25) is 0 Å². The fourth-order valence-corrected chi connectivity index (χ4v) is 1.94. The second-order valence-corrected chi connectivity index (χ2v) is 4.27. The Bertz CT molecular complexity index is 810. The maximum atomic E-state index is 11.5. The van der Waals surface area contributed by atoms with Crippen LogP contribution in [-0.2, 0) is 4.74 Å². The molecule has 0 aliphatic heterocycles. The second-order valence-electron chi connectivity index (χ2n) is 4.27. The number of rotatable bonds is 3. The zero-order valence-corrected chi connectivity index (χ0v) is 11.5. The SMILES string of the molecule is COC(=O)c1cc(-c2nc3cc(OC)ccc3o2)ccn1. The maximum absolute atomic E-state index is 11.5. The second kappa shape index (κ2) is 5.24. The number of pyridine rings is 1. The van der Waals surface area contributed by atoms with Crippen LogP contribution in [0, 0.1) is 0 Å². The van der Waals surface area contributed by atoms with E-state index in [1.807, 2.05) is 0 Å². The van der Waals surface area contributed by atoms with E-state index in [0.717, 1.165) is 0 Å². The van der Waals surface area contributed by atoms with Crippen LogP contribution in [0.5, 0.6) is 5.75 Å². The normalized spacial score (nSPS) is 10.6. The molecule has 2 heterocycles. The Kier molecular flexibility index (Phi) is 3.27. The summed E-state index contributed by atoms with van der Waals surface area (Å²) in [5.74, 6) is 0.604. The third-order valence-corrected chi connectivity index (χ3v) is 3.00. The van der Waals surface area contributed by atoms with Crippen LogP contribution < -0.4 is 4.74 Å². The summed E-state index contributed by atoms with van der Waals surface area (Å²) in [6, 6.07) is 8.66. The van der Waals surface area contributed by atoms with Crippen LogP contribution in [0.15, 0.2) is 40.9 Å². The van der Waals surface area contributed by atoms with E-state index < -0.39 is 5.97 Å². The molecule has 3 aromatic rings. The minimum absolute atomic E-state index is 0.204. The lowest BCUT2D eigenvalue weighted by Gasteiger charge is -1.99. The van der Waals surface area contributed by atoms with Crippen molar-refractivity contribution < 1.29 is 18.7 Å². The summed E-state index contributed by atoms with van der Waals surface area (Å²) in [6.45, 7) is 0. The molecule has 0 saturated carbocycles. The van der Waals surface area contributed by atoms with E-state index in [1.54, 1.807) is 37.4 Å². The molecule has 0 bridgehead atoms. The number of methoxy groups -OCH3 is 2. The number of carbonyl (C=O) groups is 1. The fraction of sp³-hybridized carbons (Fsp3) is 0.133. The number of hydrogen-bond acceptors (Lipinski definition) is 6. The first-order valence-electron chi connectivity index (χ1n) is 6.20. The number of fused-ring (bicyclic) bond motifs is 1. The molecule has 0 radical (unpaired) electrons. The average Bonchev–Trinajstić information content (AvgIpc) is 2.97. The number of nitrogens with zero attached hydrogens (tertiary/aromatic N) is 2. The summed E-state index contributed by atoms with van der Waals surface area (Å²) in [7, 11) is 2.90. The van der Waals surface area contributed by atoms with Gasteiger partial charge in [0.15, 0.2) is 5.58 Å². The van der Waals surface area contributed by atoms with Crippen LogP contribution >= 0.6 is 0 Å². The predicted octanol–water partition coefficient (Wildman–Crippen LogP) is 2.69. The molecular formula is C15H12N2O4. The van der Waals surface area contributed by atoms with Gasteiger partial charge in [-0.05, 0) is 24.3 Å². The number of ether oxygens (including phenoxy) is 2. The Morgan fingerprint density at radius 1 is 1.19 bits per heavy atom. The minimum atomic E-state index is -0.505. The number of carbonyl (C=O) groups excluding carboxylic acids is 1. The van der Waals surface area contributed by atoms with E-state index in [0.29, 0.717) is 28.3 Å². The Morgan fingerprint density at radius 2 is 2.05 bits per heavy atom. The Morgan fingerprint density at radius 3 is 2.81 bits per heavy atom. The van der Waals surface area contributed by atoms with Crippen molar-refractivity contribution in [3.05, 3.63) is 42.2 Å². The van der Waals surface area contributed by atoms with E-state index >= 15 is 0 Å². The molecular weight excluding hydrogens is 272 g/mol. The molecule has 2 aromatic heterocycles. The molecule has 6 heteroatoms. The third-order valence-electron chi connectivity index (χ3n) is 3.00. The van der Waals surface area contributed by atoms with Gasteiger partial charge in [0, 0.05) is 17.8 Å². The molecule has 0 amide bonds. The zero-order chi connectivity index (χ0) is 14.8. The molecule has 3 rings (SSSR count). The first-order chi connectivity index (χ1) is 10.2. The van der Waals surface area contributed by atoms with Crippen molar-refractivity contribution in [3.63, 3.8) is 0 Å². The molecule has 6 nitrogen and oxygen atoms in total. The molecule has 0 aliphatic rings. The Hall–Kier alpha value is -2.89. The van der Waals surface area contributed by atoms with Gasteiger partial charge in [0.1, 0.15) is 17.0 Å². The highest BCUT2D eigenvalue weighted by atomic mass is 16.5. The van der Waals surface area contributed by atoms with Crippen molar-refractivity contribution in [1.29, 1.82) is 0 Å². The predicted molar refractivity (Wildman–Crippen MR) is 75.1 cm³/mol. The van der Waals surface area contributed by atoms with Gasteiger partial charge in [-0.2, -0.15) is 0 Å². The molecule has 0 saturated heterocycles. The van der Waals surface area contributed by atoms with Crippen molar-refractivity contribution >= 4 is 17.1 Å². The zero-order valence-electron chi connectivity index (χ0n) is 11.5. The van der Waals surface area contributed by atoms with Gasteiger partial charge < -0.3 is 13.9 Å². The van der Waals surface area contributed by atoms with Crippen LogP contribution in [0.25, 0.3) is 22.6 Å². The average molecular weight is 284 g/mol. The van der Waals surface area contributed by atoms with Gasteiger partial charge in [0.25, 0.3) is 0 Å².